The van der Waals surface area contributed by atoms with Crippen LogP contribution >= 0.6 is 23.2 Å². The maximum atomic E-state index is 10.9. The zero-order valence-electron chi connectivity index (χ0n) is 11.7. The number of methoxy groups -OCH3 is 1. The Hall–Kier alpha value is -1.39. The number of hydrogen-bond acceptors (Lipinski definition) is 2. The summed E-state index contributed by atoms with van der Waals surface area (Å²) in [5, 5.41) is 9.87. The summed E-state index contributed by atoms with van der Waals surface area (Å²) < 4.78 is 5.27. The second-order valence-electron chi connectivity index (χ2n) is 5.00. The van der Waals surface area contributed by atoms with Crippen molar-refractivity contribution in [3.05, 3.63) is 33.8 Å². The highest BCUT2D eigenvalue weighted by atomic mass is 35.5. The van der Waals surface area contributed by atoms with E-state index in [2.05, 4.69) is 0 Å². The number of rotatable bonds is 4. The fourth-order valence-electron chi connectivity index (χ4n) is 2.46. The molecule has 0 bridgehead atoms. The lowest BCUT2D eigenvalue weighted by Crippen LogP contribution is -2.26. The molecule has 1 aliphatic rings. The monoisotopic (exact) mass is 329 g/mol. The first-order valence-corrected chi connectivity index (χ1v) is 7.45. The average molecular weight is 330 g/mol. The van der Waals surface area contributed by atoms with Crippen molar-refractivity contribution >= 4 is 35.4 Å². The molecule has 0 radical (unpaired) electrons. The lowest BCUT2D eigenvalue weighted by Gasteiger charge is -2.11. The van der Waals surface area contributed by atoms with E-state index < -0.39 is 6.09 Å². The number of amides is 1. The van der Waals surface area contributed by atoms with Gasteiger partial charge in [0.1, 0.15) is 5.75 Å². The van der Waals surface area contributed by atoms with Crippen LogP contribution in [0.3, 0.4) is 0 Å². The Labute approximate surface area is 133 Å². The Morgan fingerprint density at radius 2 is 2.29 bits per heavy atom. The summed E-state index contributed by atoms with van der Waals surface area (Å²) in [5.74, 6) is 1.01. The van der Waals surface area contributed by atoms with Gasteiger partial charge in [-0.1, -0.05) is 35.4 Å². The number of nitrogens with zero attached hydrogens (tertiary/aromatic N) is 1. The molecule has 21 heavy (non-hydrogen) atoms. The number of carbonyl (C=O) groups is 1. The number of benzene rings is 1. The van der Waals surface area contributed by atoms with E-state index in [0.717, 1.165) is 18.4 Å². The fourth-order valence-corrected chi connectivity index (χ4v) is 2.84. The van der Waals surface area contributed by atoms with Crippen molar-refractivity contribution in [1.82, 2.24) is 4.90 Å². The number of allylic oxidation sites excluding steroid dienone is 1. The molecule has 0 unspecified atom stereocenters. The minimum absolute atomic E-state index is 0.348. The van der Waals surface area contributed by atoms with Gasteiger partial charge in [-0.3, -0.25) is 0 Å². The first-order chi connectivity index (χ1) is 10.0. The summed E-state index contributed by atoms with van der Waals surface area (Å²) in [7, 11) is 1.58. The summed E-state index contributed by atoms with van der Waals surface area (Å²) >= 11 is 12.2. The van der Waals surface area contributed by atoms with Gasteiger partial charge in [0, 0.05) is 18.7 Å². The smallest absolute Gasteiger partial charge is 0.407 e. The van der Waals surface area contributed by atoms with Gasteiger partial charge in [0.05, 0.1) is 17.2 Å². The summed E-state index contributed by atoms with van der Waals surface area (Å²) in [6.07, 6.45) is 4.72. The molecule has 0 spiro atoms. The Morgan fingerprint density at radius 1 is 1.52 bits per heavy atom. The minimum Gasteiger partial charge on any atom is -0.496 e. The zero-order chi connectivity index (χ0) is 15.4. The zero-order valence-corrected chi connectivity index (χ0v) is 13.2. The summed E-state index contributed by atoms with van der Waals surface area (Å²) in [6, 6.07) is 3.47. The number of halogens is 2. The standard InChI is InChI=1S/C15H17Cl2NO3/c1-21-13-6-5-12(16)14(17)11(13)4-2-3-10-7-8-18(9-10)15(19)20/h2,4-6,10H,3,7-9H2,1H3,(H,19,20)/t10-/m1/s1. The highest BCUT2D eigenvalue weighted by Crippen LogP contribution is 2.34. The van der Waals surface area contributed by atoms with Crippen LogP contribution in [0.25, 0.3) is 6.08 Å². The van der Waals surface area contributed by atoms with E-state index in [1.54, 1.807) is 19.2 Å². The minimum atomic E-state index is -0.846. The molecule has 1 saturated heterocycles. The third kappa shape index (κ3) is 3.83. The largest absolute Gasteiger partial charge is 0.496 e. The van der Waals surface area contributed by atoms with Crippen LogP contribution in [-0.4, -0.2) is 36.3 Å². The van der Waals surface area contributed by atoms with Crippen LogP contribution in [0.5, 0.6) is 5.75 Å². The topological polar surface area (TPSA) is 49.8 Å². The molecule has 0 aliphatic carbocycles. The molecule has 1 fully saturated rings. The van der Waals surface area contributed by atoms with Gasteiger partial charge in [-0.25, -0.2) is 4.79 Å². The van der Waals surface area contributed by atoms with Crippen LogP contribution in [0.1, 0.15) is 18.4 Å². The van der Waals surface area contributed by atoms with Crippen molar-refractivity contribution < 1.29 is 14.6 Å². The van der Waals surface area contributed by atoms with Crippen LogP contribution < -0.4 is 4.74 Å². The molecule has 1 aromatic carbocycles. The Kier molecular flexibility index (Phi) is 5.37. The predicted octanol–water partition coefficient (Wildman–Crippen LogP) is 4.41. The summed E-state index contributed by atoms with van der Waals surface area (Å²) in [6.45, 7) is 1.19. The van der Waals surface area contributed by atoms with Crippen molar-refractivity contribution in [3.8, 4) is 5.75 Å². The molecule has 0 saturated carbocycles. The van der Waals surface area contributed by atoms with E-state index in [1.165, 1.54) is 4.90 Å². The van der Waals surface area contributed by atoms with Gasteiger partial charge >= 0.3 is 6.09 Å². The second kappa shape index (κ2) is 7.05. The van der Waals surface area contributed by atoms with E-state index in [-0.39, 0.29) is 0 Å². The fraction of sp³-hybridized carbons (Fsp3) is 0.400. The van der Waals surface area contributed by atoms with Crippen molar-refractivity contribution in [2.24, 2.45) is 5.92 Å². The van der Waals surface area contributed by atoms with E-state index in [0.29, 0.717) is 34.8 Å². The first kappa shape index (κ1) is 16.0. The van der Waals surface area contributed by atoms with Crippen LogP contribution in [0, 0.1) is 5.92 Å². The molecule has 1 N–H and O–H groups in total. The van der Waals surface area contributed by atoms with E-state index in [4.69, 9.17) is 33.0 Å². The number of hydrogen-bond donors (Lipinski definition) is 1. The first-order valence-electron chi connectivity index (χ1n) is 6.69. The lowest BCUT2D eigenvalue weighted by molar-refractivity contribution is 0.154. The van der Waals surface area contributed by atoms with Gasteiger partial charge in [-0.05, 0) is 30.9 Å². The predicted molar refractivity (Wildman–Crippen MR) is 84.4 cm³/mol. The molecule has 1 aromatic rings. The lowest BCUT2D eigenvalue weighted by atomic mass is 10.0. The number of likely N-dealkylation sites (tertiary alicyclic amines) is 1. The molecular weight excluding hydrogens is 313 g/mol. The normalized spacial score (nSPS) is 18.4. The number of ether oxygens (including phenoxy) is 1. The molecule has 1 amide bonds. The molecular formula is C15H17Cl2NO3. The second-order valence-corrected chi connectivity index (χ2v) is 5.78. The molecule has 114 valence electrons. The third-order valence-corrected chi connectivity index (χ3v) is 4.44. The average Bonchev–Trinajstić information content (AvgIpc) is 2.93. The highest BCUT2D eigenvalue weighted by Gasteiger charge is 2.24. The Bertz CT molecular complexity index is 560. The van der Waals surface area contributed by atoms with Crippen molar-refractivity contribution in [1.29, 1.82) is 0 Å². The van der Waals surface area contributed by atoms with Gasteiger partial charge in [-0.15, -0.1) is 0 Å². The maximum Gasteiger partial charge on any atom is 0.407 e. The van der Waals surface area contributed by atoms with Gasteiger partial charge < -0.3 is 14.7 Å². The molecule has 1 aliphatic heterocycles. The van der Waals surface area contributed by atoms with Gasteiger partial charge in [0.25, 0.3) is 0 Å². The molecule has 4 nitrogen and oxygen atoms in total. The quantitative estimate of drug-likeness (QED) is 0.890. The van der Waals surface area contributed by atoms with Crippen molar-refractivity contribution in [2.75, 3.05) is 20.2 Å². The van der Waals surface area contributed by atoms with Crippen molar-refractivity contribution in [3.63, 3.8) is 0 Å². The Morgan fingerprint density at radius 3 is 2.90 bits per heavy atom. The molecule has 0 aromatic heterocycles. The third-order valence-electron chi connectivity index (χ3n) is 3.62. The van der Waals surface area contributed by atoms with E-state index in [1.807, 2.05) is 12.2 Å². The Balaban J connectivity index is 2.02. The van der Waals surface area contributed by atoms with E-state index in [9.17, 15) is 4.79 Å². The van der Waals surface area contributed by atoms with Crippen LogP contribution in [0.4, 0.5) is 4.79 Å². The maximum absolute atomic E-state index is 10.9. The van der Waals surface area contributed by atoms with Gasteiger partial charge in [-0.2, -0.15) is 0 Å². The SMILES string of the molecule is COc1ccc(Cl)c(Cl)c1C=CC[C@@H]1CCN(C(=O)O)C1. The van der Waals surface area contributed by atoms with Crippen LogP contribution in [-0.2, 0) is 0 Å². The molecule has 2 rings (SSSR count). The van der Waals surface area contributed by atoms with Gasteiger partial charge in [0.15, 0.2) is 0 Å². The van der Waals surface area contributed by atoms with E-state index >= 15 is 0 Å². The van der Waals surface area contributed by atoms with Crippen molar-refractivity contribution in [2.45, 2.75) is 12.8 Å². The molecule has 1 heterocycles. The van der Waals surface area contributed by atoms with Crippen LogP contribution in [0.2, 0.25) is 10.0 Å². The number of carboxylic acid groups (broad SMARTS) is 1. The molecule has 6 heteroatoms. The highest BCUT2D eigenvalue weighted by molar-refractivity contribution is 6.43. The van der Waals surface area contributed by atoms with Crippen LogP contribution in [0.15, 0.2) is 18.2 Å². The molecule has 1 atom stereocenters. The summed E-state index contributed by atoms with van der Waals surface area (Å²) in [4.78, 5) is 12.3. The summed E-state index contributed by atoms with van der Waals surface area (Å²) in [5.41, 5.74) is 0.750. The van der Waals surface area contributed by atoms with Gasteiger partial charge in [0.2, 0.25) is 0 Å².